The molecule has 0 saturated heterocycles. The van der Waals surface area contributed by atoms with Crippen molar-refractivity contribution >= 4 is 5.97 Å². The van der Waals surface area contributed by atoms with E-state index in [1.165, 1.54) is 7.11 Å². The maximum Gasteiger partial charge on any atom is 0.337 e. The smallest absolute Gasteiger partial charge is 0.337 e. The van der Waals surface area contributed by atoms with E-state index in [2.05, 4.69) is 10.8 Å². The number of hydrogen-bond acceptors (Lipinski definition) is 4. The summed E-state index contributed by atoms with van der Waals surface area (Å²) >= 11 is 0. The lowest BCUT2D eigenvalue weighted by Gasteiger charge is -2.05. The molecule has 0 aliphatic rings. The summed E-state index contributed by atoms with van der Waals surface area (Å²) in [6.45, 7) is 0. The molecule has 0 aliphatic heterocycles. The number of aryl methyl sites for hydroxylation is 1. The number of carbonyl (C=O) groups excluding carboxylic acids is 1. The summed E-state index contributed by atoms with van der Waals surface area (Å²) in [6.07, 6.45) is 4.64. The zero-order valence-corrected chi connectivity index (χ0v) is 15.0. The number of nitriles is 1. The van der Waals surface area contributed by atoms with E-state index in [4.69, 9.17) is 5.26 Å². The van der Waals surface area contributed by atoms with E-state index in [0.29, 0.717) is 19.3 Å². The third kappa shape index (κ3) is 4.15. The molecule has 0 bridgehead atoms. The Kier molecular flexibility index (Phi) is 5.53. The third-order valence-corrected chi connectivity index (χ3v) is 4.31. The van der Waals surface area contributed by atoms with Gasteiger partial charge in [0.2, 0.25) is 0 Å². The van der Waals surface area contributed by atoms with Crippen LogP contribution in [0.15, 0.2) is 65.7 Å². The average molecular weight is 361 g/mol. The second-order valence-electron chi connectivity index (χ2n) is 6.07. The molecule has 1 aromatic heterocycles. The van der Waals surface area contributed by atoms with Gasteiger partial charge in [-0.15, -0.1) is 0 Å². The number of hydrogen-bond donors (Lipinski definition) is 0. The van der Waals surface area contributed by atoms with Crippen LogP contribution in [-0.4, -0.2) is 22.2 Å². The minimum absolute atomic E-state index is 0.189. The van der Waals surface area contributed by atoms with E-state index < -0.39 is 0 Å². The minimum Gasteiger partial charge on any atom is -0.469 e. The van der Waals surface area contributed by atoms with Gasteiger partial charge in [-0.1, -0.05) is 24.3 Å². The predicted molar refractivity (Wildman–Crippen MR) is 101 cm³/mol. The van der Waals surface area contributed by atoms with Crippen molar-refractivity contribution in [1.82, 2.24) is 9.13 Å². The molecule has 2 aromatic carbocycles. The molecule has 136 valence electrons. The van der Waals surface area contributed by atoms with Crippen molar-refractivity contribution < 1.29 is 9.53 Å². The molecule has 0 saturated carbocycles. The first-order valence-electron chi connectivity index (χ1n) is 8.55. The highest BCUT2D eigenvalue weighted by Crippen LogP contribution is 2.13. The molecule has 0 N–H and O–H groups in total. The van der Waals surface area contributed by atoms with E-state index in [9.17, 15) is 9.59 Å². The highest BCUT2D eigenvalue weighted by atomic mass is 16.5. The zero-order chi connectivity index (χ0) is 19.2. The Bertz CT molecular complexity index is 1040. The molecule has 0 fully saturated rings. The lowest BCUT2D eigenvalue weighted by molar-refractivity contribution is -0.140. The molecule has 0 amide bonds. The first-order chi connectivity index (χ1) is 13.1. The first kappa shape index (κ1) is 18.2. The number of carbonyl (C=O) groups is 1. The van der Waals surface area contributed by atoms with Crippen LogP contribution < -0.4 is 5.69 Å². The van der Waals surface area contributed by atoms with Crippen molar-refractivity contribution in [2.24, 2.45) is 0 Å². The average Bonchev–Trinajstić information content (AvgIpc) is 3.08. The van der Waals surface area contributed by atoms with Crippen LogP contribution in [0.25, 0.3) is 11.4 Å². The summed E-state index contributed by atoms with van der Waals surface area (Å²) in [5.74, 6) is -0.244. The topological polar surface area (TPSA) is 77.0 Å². The van der Waals surface area contributed by atoms with E-state index in [-0.39, 0.29) is 11.7 Å². The number of ether oxygens (including phenoxy) is 1. The van der Waals surface area contributed by atoms with Gasteiger partial charge in [0.25, 0.3) is 0 Å². The molecule has 27 heavy (non-hydrogen) atoms. The van der Waals surface area contributed by atoms with Crippen LogP contribution in [0.1, 0.15) is 17.5 Å². The summed E-state index contributed by atoms with van der Waals surface area (Å²) in [4.78, 5) is 24.0. The molecule has 0 radical (unpaired) electrons. The fraction of sp³-hybridized carbons (Fsp3) is 0.190. The fourth-order valence-electron chi connectivity index (χ4n) is 2.85. The number of aromatic nitrogens is 2. The van der Waals surface area contributed by atoms with Crippen molar-refractivity contribution in [2.75, 3.05) is 7.11 Å². The predicted octanol–water partition coefficient (Wildman–Crippen LogP) is 2.80. The van der Waals surface area contributed by atoms with Crippen LogP contribution in [0.3, 0.4) is 0 Å². The molecule has 6 heteroatoms. The maximum atomic E-state index is 12.8. The monoisotopic (exact) mass is 361 g/mol. The lowest BCUT2D eigenvalue weighted by Crippen LogP contribution is -2.21. The Morgan fingerprint density at radius 3 is 2.41 bits per heavy atom. The van der Waals surface area contributed by atoms with Crippen LogP contribution in [0, 0.1) is 11.3 Å². The SMILES string of the molecule is COC(=O)CCc1ccc(-n2ccn(-c3cccc(CC#N)c3)c2=O)cc1. The largest absolute Gasteiger partial charge is 0.469 e. The number of methoxy groups -OCH3 is 1. The number of nitrogens with zero attached hydrogens (tertiary/aromatic N) is 3. The van der Waals surface area contributed by atoms with Gasteiger partial charge in [-0.25, -0.2) is 4.79 Å². The molecule has 0 aliphatic carbocycles. The van der Waals surface area contributed by atoms with Crippen LogP contribution >= 0.6 is 0 Å². The fourth-order valence-corrected chi connectivity index (χ4v) is 2.85. The summed E-state index contributed by atoms with van der Waals surface area (Å²) < 4.78 is 7.75. The van der Waals surface area contributed by atoms with E-state index >= 15 is 0 Å². The van der Waals surface area contributed by atoms with Crippen molar-refractivity contribution in [3.05, 3.63) is 82.5 Å². The van der Waals surface area contributed by atoms with E-state index in [1.54, 1.807) is 21.5 Å². The van der Waals surface area contributed by atoms with Crippen LogP contribution in [0.5, 0.6) is 0 Å². The van der Waals surface area contributed by atoms with Gasteiger partial charge in [-0.2, -0.15) is 5.26 Å². The van der Waals surface area contributed by atoms with Gasteiger partial charge in [0.15, 0.2) is 0 Å². The molecule has 1 heterocycles. The second-order valence-corrected chi connectivity index (χ2v) is 6.07. The van der Waals surface area contributed by atoms with Gasteiger partial charge in [0, 0.05) is 18.8 Å². The molecule has 0 atom stereocenters. The third-order valence-electron chi connectivity index (χ3n) is 4.31. The highest BCUT2D eigenvalue weighted by Gasteiger charge is 2.08. The van der Waals surface area contributed by atoms with Gasteiger partial charge in [0.1, 0.15) is 0 Å². The highest BCUT2D eigenvalue weighted by molar-refractivity contribution is 5.69. The Morgan fingerprint density at radius 1 is 1.04 bits per heavy atom. The second kappa shape index (κ2) is 8.19. The summed E-state index contributed by atoms with van der Waals surface area (Å²) in [5, 5.41) is 8.85. The number of imidazole rings is 1. The zero-order valence-electron chi connectivity index (χ0n) is 15.0. The Morgan fingerprint density at radius 2 is 1.74 bits per heavy atom. The van der Waals surface area contributed by atoms with Gasteiger partial charge in [0.05, 0.1) is 31.0 Å². The van der Waals surface area contributed by atoms with Gasteiger partial charge in [-0.3, -0.25) is 13.9 Å². The van der Waals surface area contributed by atoms with Crippen molar-refractivity contribution in [2.45, 2.75) is 19.3 Å². The van der Waals surface area contributed by atoms with Crippen molar-refractivity contribution in [3.63, 3.8) is 0 Å². The molecule has 0 spiro atoms. The van der Waals surface area contributed by atoms with Gasteiger partial charge in [-0.05, 0) is 41.8 Å². The van der Waals surface area contributed by atoms with Crippen LogP contribution in [0.2, 0.25) is 0 Å². The number of rotatable bonds is 6. The Labute approximate surface area is 156 Å². The molecular formula is C21H19N3O3. The number of benzene rings is 2. The summed E-state index contributed by atoms with van der Waals surface area (Å²) in [5.41, 5.74) is 3.15. The molecule has 3 aromatic rings. The normalized spacial score (nSPS) is 10.4. The van der Waals surface area contributed by atoms with Crippen LogP contribution in [0.4, 0.5) is 0 Å². The molecular weight excluding hydrogens is 342 g/mol. The van der Waals surface area contributed by atoms with Crippen molar-refractivity contribution in [1.29, 1.82) is 5.26 Å². The van der Waals surface area contributed by atoms with Crippen molar-refractivity contribution in [3.8, 4) is 17.4 Å². The summed E-state index contributed by atoms with van der Waals surface area (Å²) in [6, 6.07) is 17.0. The summed E-state index contributed by atoms with van der Waals surface area (Å²) in [7, 11) is 1.37. The minimum atomic E-state index is -0.244. The lowest BCUT2D eigenvalue weighted by atomic mass is 10.1. The molecule has 3 rings (SSSR count). The van der Waals surface area contributed by atoms with E-state index in [0.717, 1.165) is 22.5 Å². The van der Waals surface area contributed by atoms with Gasteiger partial charge < -0.3 is 4.74 Å². The first-order valence-corrected chi connectivity index (χ1v) is 8.55. The maximum absolute atomic E-state index is 12.8. The number of esters is 1. The quantitative estimate of drug-likeness (QED) is 0.633. The Hall–Kier alpha value is -3.59. The van der Waals surface area contributed by atoms with E-state index in [1.807, 2.05) is 48.5 Å². The van der Waals surface area contributed by atoms with Crippen LogP contribution in [-0.2, 0) is 22.4 Å². The van der Waals surface area contributed by atoms with Gasteiger partial charge >= 0.3 is 11.7 Å². The molecule has 6 nitrogen and oxygen atoms in total. The Balaban J connectivity index is 1.83. The standard InChI is InChI=1S/C21H19N3O3/c1-27-20(25)10-7-16-5-8-18(9-6-16)23-13-14-24(21(23)26)19-4-2-3-17(15-19)11-12-22/h2-6,8-9,13-15H,7,10-11H2,1H3. The molecule has 0 unspecified atom stereocenters.